The summed E-state index contributed by atoms with van der Waals surface area (Å²) in [5.74, 6) is 0.0644. The number of carbonyl (C=O) groups excluding carboxylic acids is 1. The van der Waals surface area contributed by atoms with Crippen molar-refractivity contribution in [2.24, 2.45) is 0 Å². The summed E-state index contributed by atoms with van der Waals surface area (Å²) in [6, 6.07) is 2.00. The van der Waals surface area contributed by atoms with Crippen LogP contribution in [-0.2, 0) is 17.9 Å². The molecule has 1 rings (SSSR count). The molecule has 0 fully saturated rings. The first-order valence-electron chi connectivity index (χ1n) is 5.70. The predicted octanol–water partition coefficient (Wildman–Crippen LogP) is 0.519. The Kier molecular flexibility index (Phi) is 5.56. The fourth-order valence-corrected chi connectivity index (χ4v) is 1.47. The largest absolute Gasteiger partial charge is 0.359 e. The number of amides is 1. The topological polar surface area (TPSA) is 59.0 Å². The lowest BCUT2D eigenvalue weighted by Gasteiger charge is -2.07. The molecule has 0 bridgehead atoms. The summed E-state index contributed by atoms with van der Waals surface area (Å²) in [5, 5.41) is 10.1. The van der Waals surface area contributed by atoms with Gasteiger partial charge in [-0.3, -0.25) is 9.48 Å². The molecule has 2 N–H and O–H groups in total. The maximum atomic E-state index is 11.0. The number of rotatable bonds is 7. The molecule has 1 aromatic rings. The highest BCUT2D eigenvalue weighted by atomic mass is 16.1. The summed E-state index contributed by atoms with van der Waals surface area (Å²) in [5.41, 5.74) is 1.17. The van der Waals surface area contributed by atoms with Crippen LogP contribution in [0.5, 0.6) is 0 Å². The highest BCUT2D eigenvalue weighted by Crippen LogP contribution is 1.99. The number of hydrogen-bond acceptors (Lipinski definition) is 3. The van der Waals surface area contributed by atoms with Crippen LogP contribution in [-0.4, -0.2) is 29.3 Å². The van der Waals surface area contributed by atoms with Gasteiger partial charge in [0.25, 0.3) is 0 Å². The lowest BCUT2D eigenvalue weighted by atomic mass is 10.3. The highest BCUT2D eigenvalue weighted by Gasteiger charge is 2.01. The van der Waals surface area contributed by atoms with E-state index >= 15 is 0 Å². The van der Waals surface area contributed by atoms with E-state index in [-0.39, 0.29) is 5.91 Å². The fraction of sp³-hybridized carbons (Fsp3) is 0.636. The van der Waals surface area contributed by atoms with E-state index in [2.05, 4.69) is 22.7 Å². The first-order valence-corrected chi connectivity index (χ1v) is 5.70. The number of nitrogens with one attached hydrogen (secondary N) is 2. The lowest BCUT2D eigenvalue weighted by molar-refractivity contribution is -0.120. The Balaban J connectivity index is 2.26. The van der Waals surface area contributed by atoms with Crippen LogP contribution in [0.25, 0.3) is 0 Å². The van der Waals surface area contributed by atoms with Crippen molar-refractivity contribution in [3.8, 4) is 0 Å². The minimum atomic E-state index is 0.0644. The van der Waals surface area contributed by atoms with Gasteiger partial charge in [0.15, 0.2) is 0 Å². The molecule has 0 unspecified atom stereocenters. The van der Waals surface area contributed by atoms with Gasteiger partial charge >= 0.3 is 0 Å². The molecule has 0 saturated heterocycles. The third kappa shape index (κ3) is 4.02. The van der Waals surface area contributed by atoms with Gasteiger partial charge in [0.2, 0.25) is 5.91 Å². The quantitative estimate of drug-likeness (QED) is 0.664. The Hall–Kier alpha value is -1.36. The van der Waals surface area contributed by atoms with Gasteiger partial charge < -0.3 is 10.6 Å². The van der Waals surface area contributed by atoms with Gasteiger partial charge in [-0.25, -0.2) is 0 Å². The van der Waals surface area contributed by atoms with Crippen molar-refractivity contribution in [1.82, 2.24) is 20.4 Å². The van der Waals surface area contributed by atoms with E-state index in [0.29, 0.717) is 13.0 Å². The van der Waals surface area contributed by atoms with Crippen molar-refractivity contribution >= 4 is 5.91 Å². The van der Waals surface area contributed by atoms with Crippen LogP contribution < -0.4 is 10.6 Å². The van der Waals surface area contributed by atoms with Crippen molar-refractivity contribution in [2.45, 2.75) is 32.9 Å². The van der Waals surface area contributed by atoms with Gasteiger partial charge in [0.05, 0.1) is 5.69 Å². The zero-order chi connectivity index (χ0) is 11.8. The summed E-state index contributed by atoms with van der Waals surface area (Å²) in [6.45, 7) is 4.53. The van der Waals surface area contributed by atoms with Crippen molar-refractivity contribution in [1.29, 1.82) is 0 Å². The van der Waals surface area contributed by atoms with Gasteiger partial charge in [-0.1, -0.05) is 6.92 Å². The Bertz CT molecular complexity index is 322. The minimum Gasteiger partial charge on any atom is -0.359 e. The van der Waals surface area contributed by atoms with Crippen molar-refractivity contribution in [3.63, 3.8) is 0 Å². The van der Waals surface area contributed by atoms with Crippen LogP contribution in [0.3, 0.4) is 0 Å². The van der Waals surface area contributed by atoms with E-state index in [1.165, 1.54) is 5.69 Å². The molecule has 0 aliphatic rings. The SMILES string of the molecule is CCCn1nccc1CNCCC(=O)NC. The molecule has 0 aliphatic carbocycles. The highest BCUT2D eigenvalue weighted by molar-refractivity contribution is 5.75. The fourth-order valence-electron chi connectivity index (χ4n) is 1.47. The first kappa shape index (κ1) is 12.7. The molecule has 5 heteroatoms. The molecule has 0 radical (unpaired) electrons. The number of nitrogens with zero attached hydrogens (tertiary/aromatic N) is 2. The Morgan fingerprint density at radius 1 is 1.56 bits per heavy atom. The summed E-state index contributed by atoms with van der Waals surface area (Å²) < 4.78 is 1.99. The maximum Gasteiger partial charge on any atom is 0.221 e. The summed E-state index contributed by atoms with van der Waals surface area (Å²) in [7, 11) is 1.65. The molecule has 0 aliphatic heterocycles. The second-order valence-corrected chi connectivity index (χ2v) is 3.65. The second kappa shape index (κ2) is 7.00. The average Bonchev–Trinajstić information content (AvgIpc) is 2.72. The van der Waals surface area contributed by atoms with Crippen LogP contribution in [0.1, 0.15) is 25.5 Å². The molecule has 1 aromatic heterocycles. The molecule has 1 heterocycles. The zero-order valence-corrected chi connectivity index (χ0v) is 9.99. The average molecular weight is 224 g/mol. The molecular weight excluding hydrogens is 204 g/mol. The Morgan fingerprint density at radius 3 is 3.06 bits per heavy atom. The zero-order valence-electron chi connectivity index (χ0n) is 9.99. The smallest absolute Gasteiger partial charge is 0.221 e. The van der Waals surface area contributed by atoms with Gasteiger partial charge in [-0.15, -0.1) is 0 Å². The van der Waals surface area contributed by atoms with Crippen LogP contribution in [0.4, 0.5) is 0 Å². The maximum absolute atomic E-state index is 11.0. The van der Waals surface area contributed by atoms with Crippen LogP contribution in [0.15, 0.2) is 12.3 Å². The summed E-state index contributed by atoms with van der Waals surface area (Å²) in [4.78, 5) is 11.0. The summed E-state index contributed by atoms with van der Waals surface area (Å²) in [6.07, 6.45) is 3.40. The molecule has 0 atom stereocenters. The third-order valence-electron chi connectivity index (χ3n) is 2.35. The molecule has 90 valence electrons. The molecule has 0 saturated carbocycles. The van der Waals surface area contributed by atoms with E-state index in [1.807, 2.05) is 16.9 Å². The Morgan fingerprint density at radius 2 is 2.38 bits per heavy atom. The van der Waals surface area contributed by atoms with Gasteiger partial charge in [0, 0.05) is 39.3 Å². The molecule has 16 heavy (non-hydrogen) atoms. The summed E-state index contributed by atoms with van der Waals surface area (Å²) >= 11 is 0. The molecular formula is C11H20N4O. The van der Waals surface area contributed by atoms with Crippen molar-refractivity contribution < 1.29 is 4.79 Å². The third-order valence-corrected chi connectivity index (χ3v) is 2.35. The van der Waals surface area contributed by atoms with E-state index in [4.69, 9.17) is 0 Å². The van der Waals surface area contributed by atoms with Crippen LogP contribution in [0.2, 0.25) is 0 Å². The Labute approximate surface area is 96.2 Å². The normalized spacial score (nSPS) is 10.4. The van der Waals surface area contributed by atoms with Gasteiger partial charge in [0.1, 0.15) is 0 Å². The standard InChI is InChI=1S/C11H20N4O/c1-3-8-15-10(4-7-14-15)9-13-6-5-11(16)12-2/h4,7,13H,3,5-6,8-9H2,1-2H3,(H,12,16). The minimum absolute atomic E-state index is 0.0644. The number of carbonyl (C=O) groups is 1. The molecule has 1 amide bonds. The van der Waals surface area contributed by atoms with E-state index in [9.17, 15) is 4.79 Å². The molecule has 5 nitrogen and oxygen atoms in total. The van der Waals surface area contributed by atoms with Crippen molar-refractivity contribution in [2.75, 3.05) is 13.6 Å². The molecule has 0 aromatic carbocycles. The first-order chi connectivity index (χ1) is 7.77. The van der Waals surface area contributed by atoms with Crippen LogP contribution in [0, 0.1) is 0 Å². The molecule has 0 spiro atoms. The number of aryl methyl sites for hydroxylation is 1. The number of hydrogen-bond donors (Lipinski definition) is 2. The van der Waals surface area contributed by atoms with Crippen molar-refractivity contribution in [3.05, 3.63) is 18.0 Å². The predicted molar refractivity (Wildman–Crippen MR) is 62.9 cm³/mol. The number of aromatic nitrogens is 2. The van der Waals surface area contributed by atoms with E-state index < -0.39 is 0 Å². The lowest BCUT2D eigenvalue weighted by Crippen LogP contribution is -2.25. The monoisotopic (exact) mass is 224 g/mol. The van der Waals surface area contributed by atoms with Crippen LogP contribution >= 0.6 is 0 Å². The van der Waals surface area contributed by atoms with E-state index in [0.717, 1.165) is 19.5 Å². The van der Waals surface area contributed by atoms with E-state index in [1.54, 1.807) is 7.05 Å². The van der Waals surface area contributed by atoms with Gasteiger partial charge in [-0.05, 0) is 12.5 Å². The second-order valence-electron chi connectivity index (χ2n) is 3.65. The van der Waals surface area contributed by atoms with Gasteiger partial charge in [-0.2, -0.15) is 5.10 Å².